The fourth-order valence-electron chi connectivity index (χ4n) is 3.52. The molecule has 1 atom stereocenters. The molecular weight excluding hydrogens is 538 g/mol. The van der Waals surface area contributed by atoms with E-state index < -0.39 is 12.8 Å². The second-order valence-corrected chi connectivity index (χ2v) is 7.34. The first-order valence-electron chi connectivity index (χ1n) is 10.3. The number of furan rings is 1. The number of aromatic nitrogens is 1. The number of piperidine rings is 1. The summed E-state index contributed by atoms with van der Waals surface area (Å²) >= 11 is 0. The Morgan fingerprint density at radius 1 is 1.25 bits per heavy atom. The molecule has 178 valence electrons. The molecule has 0 aromatic carbocycles. The van der Waals surface area contributed by atoms with Gasteiger partial charge in [0, 0.05) is 32.4 Å². The molecule has 1 unspecified atom stereocenters. The predicted octanol–water partition coefficient (Wildman–Crippen LogP) is 4.13. The van der Waals surface area contributed by atoms with E-state index in [-0.39, 0.29) is 35.9 Å². The van der Waals surface area contributed by atoms with Crippen molar-refractivity contribution in [1.29, 1.82) is 0 Å². The summed E-state index contributed by atoms with van der Waals surface area (Å²) in [5.74, 6) is 1.43. The monoisotopic (exact) mass is 567 g/mol. The third-order valence-electron chi connectivity index (χ3n) is 5.03. The van der Waals surface area contributed by atoms with Gasteiger partial charge in [-0.05, 0) is 49.7 Å². The lowest BCUT2D eigenvalue weighted by molar-refractivity contribution is -0.154. The van der Waals surface area contributed by atoms with Crippen LogP contribution < -0.4 is 15.4 Å². The Bertz CT molecular complexity index is 827. The van der Waals surface area contributed by atoms with E-state index in [9.17, 15) is 13.2 Å². The highest BCUT2D eigenvalue weighted by atomic mass is 127. The molecule has 0 aliphatic carbocycles. The molecule has 11 heteroatoms. The highest BCUT2D eigenvalue weighted by Gasteiger charge is 2.28. The van der Waals surface area contributed by atoms with E-state index in [4.69, 9.17) is 9.15 Å². The third kappa shape index (κ3) is 8.49. The highest BCUT2D eigenvalue weighted by molar-refractivity contribution is 14.0. The number of aliphatic imine (C=N–C) groups is 1. The maximum atomic E-state index is 12.3. The van der Waals surface area contributed by atoms with Crippen LogP contribution in [-0.2, 0) is 6.54 Å². The lowest BCUT2D eigenvalue weighted by Crippen LogP contribution is -2.44. The third-order valence-corrected chi connectivity index (χ3v) is 5.03. The van der Waals surface area contributed by atoms with Gasteiger partial charge in [0.25, 0.3) is 0 Å². The van der Waals surface area contributed by atoms with Gasteiger partial charge in [-0.15, -0.1) is 24.0 Å². The van der Waals surface area contributed by atoms with Crippen molar-refractivity contribution < 1.29 is 22.3 Å². The quantitative estimate of drug-likeness (QED) is 0.284. The van der Waals surface area contributed by atoms with Crippen LogP contribution in [0.25, 0.3) is 0 Å². The molecule has 32 heavy (non-hydrogen) atoms. The van der Waals surface area contributed by atoms with Crippen molar-refractivity contribution in [2.45, 2.75) is 38.0 Å². The number of nitrogens with one attached hydrogen (secondary N) is 2. The molecule has 2 N–H and O–H groups in total. The van der Waals surface area contributed by atoms with E-state index in [0.717, 1.165) is 24.4 Å². The summed E-state index contributed by atoms with van der Waals surface area (Å²) in [6.07, 6.45) is 2.29. The maximum absolute atomic E-state index is 12.3. The van der Waals surface area contributed by atoms with Crippen LogP contribution in [0.4, 0.5) is 13.2 Å². The van der Waals surface area contributed by atoms with E-state index in [1.807, 2.05) is 12.1 Å². The molecular formula is C21H29F3IN5O2. The number of likely N-dealkylation sites (tertiary alicyclic amines) is 1. The van der Waals surface area contributed by atoms with Crippen molar-refractivity contribution in [3.8, 4) is 5.88 Å². The second-order valence-electron chi connectivity index (χ2n) is 7.34. The lowest BCUT2D eigenvalue weighted by Gasteiger charge is -2.33. The van der Waals surface area contributed by atoms with Crippen molar-refractivity contribution in [1.82, 2.24) is 20.5 Å². The summed E-state index contributed by atoms with van der Waals surface area (Å²) in [5.41, 5.74) is 0.730. The normalized spacial score (nSPS) is 16.2. The van der Waals surface area contributed by atoms with Crippen LogP contribution >= 0.6 is 24.0 Å². The Labute approximate surface area is 202 Å². The van der Waals surface area contributed by atoms with Crippen molar-refractivity contribution in [3.63, 3.8) is 0 Å². The average Bonchev–Trinajstić information content (AvgIpc) is 3.30. The van der Waals surface area contributed by atoms with Gasteiger partial charge in [-0.1, -0.05) is 6.42 Å². The lowest BCUT2D eigenvalue weighted by atomic mass is 10.1. The van der Waals surface area contributed by atoms with Crippen LogP contribution in [0.1, 0.15) is 36.6 Å². The van der Waals surface area contributed by atoms with Crippen molar-refractivity contribution in [2.75, 3.05) is 33.3 Å². The van der Waals surface area contributed by atoms with Crippen LogP contribution in [0.15, 0.2) is 46.1 Å². The minimum atomic E-state index is -4.40. The molecule has 2 aromatic rings. The Hall–Kier alpha value is -2.02. The molecule has 2 aromatic heterocycles. The number of guanidine groups is 1. The Balaban J connectivity index is 0.00000363. The largest absolute Gasteiger partial charge is 0.468 e. The summed E-state index contributed by atoms with van der Waals surface area (Å²) in [5, 5.41) is 6.50. The molecule has 0 radical (unpaired) electrons. The number of alkyl halides is 3. The zero-order chi connectivity index (χ0) is 22.1. The van der Waals surface area contributed by atoms with Gasteiger partial charge in [0.1, 0.15) is 5.76 Å². The number of nitrogens with zero attached hydrogens (tertiary/aromatic N) is 3. The highest BCUT2D eigenvalue weighted by Crippen LogP contribution is 2.24. The van der Waals surface area contributed by atoms with Gasteiger partial charge in [0.05, 0.1) is 12.3 Å². The van der Waals surface area contributed by atoms with Gasteiger partial charge in [0.2, 0.25) is 5.88 Å². The van der Waals surface area contributed by atoms with Crippen LogP contribution in [0.5, 0.6) is 5.88 Å². The first-order valence-corrected chi connectivity index (χ1v) is 10.3. The minimum absolute atomic E-state index is 0. The Morgan fingerprint density at radius 3 is 2.69 bits per heavy atom. The van der Waals surface area contributed by atoms with Gasteiger partial charge in [-0.3, -0.25) is 9.89 Å². The van der Waals surface area contributed by atoms with Crippen molar-refractivity contribution >= 4 is 29.9 Å². The van der Waals surface area contributed by atoms with Crippen LogP contribution in [0.2, 0.25) is 0 Å². The molecule has 1 fully saturated rings. The zero-order valence-corrected chi connectivity index (χ0v) is 20.2. The molecule has 0 saturated carbocycles. The fraction of sp³-hybridized carbons (Fsp3) is 0.524. The van der Waals surface area contributed by atoms with Gasteiger partial charge < -0.3 is 19.8 Å². The summed E-state index contributed by atoms with van der Waals surface area (Å²) in [6, 6.07) is 7.15. The summed E-state index contributed by atoms with van der Waals surface area (Å²) in [7, 11) is 1.67. The number of ether oxygens (including phenoxy) is 1. The summed E-state index contributed by atoms with van der Waals surface area (Å²) < 4.78 is 47.4. The number of halogens is 4. The SMILES string of the molecule is CN=C(NCc1ccnc(OCC(F)(F)F)c1)NCC(c1ccco1)N1CCCCC1.I. The zero-order valence-electron chi connectivity index (χ0n) is 17.9. The van der Waals surface area contributed by atoms with E-state index in [1.54, 1.807) is 19.4 Å². The van der Waals surface area contributed by atoms with E-state index in [0.29, 0.717) is 19.0 Å². The molecule has 0 spiro atoms. The van der Waals surface area contributed by atoms with Gasteiger partial charge >= 0.3 is 6.18 Å². The number of hydrogen-bond donors (Lipinski definition) is 2. The first-order chi connectivity index (χ1) is 14.9. The van der Waals surface area contributed by atoms with Gasteiger partial charge in [0.15, 0.2) is 12.6 Å². The maximum Gasteiger partial charge on any atom is 0.422 e. The molecule has 1 aliphatic rings. The number of hydrogen-bond acceptors (Lipinski definition) is 5. The minimum Gasteiger partial charge on any atom is -0.468 e. The molecule has 1 aliphatic heterocycles. The number of rotatable bonds is 8. The summed E-state index contributed by atoms with van der Waals surface area (Å²) in [6.45, 7) is 1.65. The first kappa shape index (κ1) is 26.2. The van der Waals surface area contributed by atoms with Crippen molar-refractivity contribution in [3.05, 3.63) is 48.0 Å². The van der Waals surface area contributed by atoms with Crippen LogP contribution in [-0.4, -0.2) is 55.3 Å². The van der Waals surface area contributed by atoms with E-state index in [1.165, 1.54) is 31.5 Å². The van der Waals surface area contributed by atoms with Crippen molar-refractivity contribution in [2.24, 2.45) is 4.99 Å². The molecule has 3 heterocycles. The topological polar surface area (TPSA) is 74.9 Å². The molecule has 7 nitrogen and oxygen atoms in total. The standard InChI is InChI=1S/C21H28F3N5O2.HI/c1-25-20(27-13-16-7-8-26-19(12-16)31-15-21(22,23)24)28-14-17(18-6-5-11-30-18)29-9-3-2-4-10-29;/h5-8,11-12,17H,2-4,9-10,13-15H2,1H3,(H2,25,27,28);1H. The smallest absolute Gasteiger partial charge is 0.422 e. The predicted molar refractivity (Wildman–Crippen MR) is 126 cm³/mol. The molecule has 3 rings (SSSR count). The van der Waals surface area contributed by atoms with E-state index in [2.05, 4.69) is 25.5 Å². The fourth-order valence-corrected chi connectivity index (χ4v) is 3.52. The molecule has 0 amide bonds. The van der Waals surface area contributed by atoms with Gasteiger partial charge in [-0.25, -0.2) is 4.98 Å². The average molecular weight is 567 g/mol. The second kappa shape index (κ2) is 12.9. The van der Waals surface area contributed by atoms with Crippen LogP contribution in [0, 0.1) is 0 Å². The van der Waals surface area contributed by atoms with Crippen LogP contribution in [0.3, 0.4) is 0 Å². The molecule has 0 bridgehead atoms. The van der Waals surface area contributed by atoms with Gasteiger partial charge in [-0.2, -0.15) is 13.2 Å². The molecule has 1 saturated heterocycles. The summed E-state index contributed by atoms with van der Waals surface area (Å²) in [4.78, 5) is 10.5. The van der Waals surface area contributed by atoms with E-state index >= 15 is 0 Å². The number of pyridine rings is 1. The Kier molecular flexibility index (Phi) is 10.6. The Morgan fingerprint density at radius 2 is 2.03 bits per heavy atom.